The molecule has 0 aromatic rings. The van der Waals surface area contributed by atoms with Crippen LogP contribution in [0.15, 0.2) is 0 Å². The zero-order valence-electron chi connectivity index (χ0n) is 8.88. The van der Waals surface area contributed by atoms with Crippen molar-refractivity contribution in [3.8, 4) is 0 Å². The van der Waals surface area contributed by atoms with E-state index in [9.17, 15) is 4.79 Å². The zero-order valence-corrected chi connectivity index (χ0v) is 8.88. The van der Waals surface area contributed by atoms with Gasteiger partial charge in [-0.2, -0.15) is 0 Å². The highest BCUT2D eigenvalue weighted by atomic mass is 16.5. The molecule has 0 aliphatic rings. The first kappa shape index (κ1) is 12.6. The fourth-order valence-electron chi connectivity index (χ4n) is 0.953. The molecule has 0 bridgehead atoms. The van der Waals surface area contributed by atoms with Gasteiger partial charge in [0.1, 0.15) is 6.61 Å². The lowest BCUT2D eigenvalue weighted by Crippen LogP contribution is -2.16. The topological polar surface area (TPSA) is 52.3 Å². The van der Waals surface area contributed by atoms with Gasteiger partial charge in [0.05, 0.1) is 6.10 Å². The number of hydrogen-bond acceptors (Lipinski definition) is 3. The van der Waals surface area contributed by atoms with Gasteiger partial charge >= 0.3 is 0 Å². The molecule has 0 amide bonds. The number of ketones is 1. The standard InChI is InChI=1S/C10H21NO2/c1-8(2)13-7-10(12)6-4-5-9(3)11/h8-9H,4-7,11H2,1-3H3. The van der Waals surface area contributed by atoms with E-state index < -0.39 is 0 Å². The number of rotatable bonds is 7. The number of ether oxygens (including phenoxy) is 1. The largest absolute Gasteiger partial charge is 0.371 e. The van der Waals surface area contributed by atoms with E-state index in [4.69, 9.17) is 10.5 Å². The molecule has 0 rings (SSSR count). The first-order chi connectivity index (χ1) is 6.02. The zero-order chi connectivity index (χ0) is 10.3. The molecule has 13 heavy (non-hydrogen) atoms. The van der Waals surface area contributed by atoms with Crippen LogP contribution in [0.4, 0.5) is 0 Å². The van der Waals surface area contributed by atoms with E-state index >= 15 is 0 Å². The molecule has 2 N–H and O–H groups in total. The quantitative estimate of drug-likeness (QED) is 0.657. The second kappa shape index (κ2) is 7.04. The summed E-state index contributed by atoms with van der Waals surface area (Å²) in [6.07, 6.45) is 2.51. The first-order valence-corrected chi connectivity index (χ1v) is 4.91. The van der Waals surface area contributed by atoms with Crippen LogP contribution in [0, 0.1) is 0 Å². The third-order valence-corrected chi connectivity index (χ3v) is 1.69. The second-order valence-electron chi connectivity index (χ2n) is 3.77. The lowest BCUT2D eigenvalue weighted by molar-refractivity contribution is -0.125. The monoisotopic (exact) mass is 187 g/mol. The van der Waals surface area contributed by atoms with E-state index in [1.807, 2.05) is 20.8 Å². The van der Waals surface area contributed by atoms with Crippen LogP contribution < -0.4 is 5.73 Å². The summed E-state index contributed by atoms with van der Waals surface area (Å²) in [5, 5.41) is 0. The molecule has 0 fully saturated rings. The smallest absolute Gasteiger partial charge is 0.158 e. The van der Waals surface area contributed by atoms with Crippen molar-refractivity contribution in [2.75, 3.05) is 6.61 Å². The van der Waals surface area contributed by atoms with Gasteiger partial charge in [0, 0.05) is 12.5 Å². The number of carbonyl (C=O) groups excluding carboxylic acids is 1. The molecule has 3 heteroatoms. The summed E-state index contributed by atoms with van der Waals surface area (Å²) >= 11 is 0. The Labute approximate surface area is 80.6 Å². The lowest BCUT2D eigenvalue weighted by Gasteiger charge is -2.07. The molecule has 0 aliphatic carbocycles. The predicted molar refractivity (Wildman–Crippen MR) is 53.6 cm³/mol. The Hall–Kier alpha value is -0.410. The Morgan fingerprint density at radius 2 is 2.00 bits per heavy atom. The molecule has 0 saturated carbocycles. The molecule has 78 valence electrons. The highest BCUT2D eigenvalue weighted by Crippen LogP contribution is 2.00. The number of Topliss-reactive ketones (excluding diaryl/α,β-unsaturated/α-hetero) is 1. The van der Waals surface area contributed by atoms with E-state index in [-0.39, 0.29) is 24.5 Å². The van der Waals surface area contributed by atoms with E-state index in [0.717, 1.165) is 12.8 Å². The summed E-state index contributed by atoms with van der Waals surface area (Å²) in [5.41, 5.74) is 5.56. The van der Waals surface area contributed by atoms with E-state index in [1.165, 1.54) is 0 Å². The fraction of sp³-hybridized carbons (Fsp3) is 0.900. The molecule has 0 aromatic heterocycles. The Morgan fingerprint density at radius 1 is 1.38 bits per heavy atom. The minimum Gasteiger partial charge on any atom is -0.371 e. The van der Waals surface area contributed by atoms with Crippen molar-refractivity contribution < 1.29 is 9.53 Å². The average Bonchev–Trinajstić information content (AvgIpc) is 2.00. The first-order valence-electron chi connectivity index (χ1n) is 4.91. The molecule has 0 radical (unpaired) electrons. The van der Waals surface area contributed by atoms with Crippen molar-refractivity contribution in [3.05, 3.63) is 0 Å². The Kier molecular flexibility index (Phi) is 6.82. The van der Waals surface area contributed by atoms with Crippen LogP contribution >= 0.6 is 0 Å². The van der Waals surface area contributed by atoms with Crippen molar-refractivity contribution in [2.45, 2.75) is 52.2 Å². The Morgan fingerprint density at radius 3 is 2.46 bits per heavy atom. The maximum atomic E-state index is 11.2. The third kappa shape index (κ3) is 9.50. The van der Waals surface area contributed by atoms with Crippen LogP contribution in [0.1, 0.15) is 40.0 Å². The summed E-state index contributed by atoms with van der Waals surface area (Å²) < 4.78 is 5.18. The summed E-state index contributed by atoms with van der Waals surface area (Å²) in [4.78, 5) is 11.2. The van der Waals surface area contributed by atoms with Crippen LogP contribution in [-0.4, -0.2) is 24.5 Å². The summed E-state index contributed by atoms with van der Waals surface area (Å²) in [7, 11) is 0. The van der Waals surface area contributed by atoms with Crippen LogP contribution in [0.5, 0.6) is 0 Å². The molecule has 1 atom stereocenters. The lowest BCUT2D eigenvalue weighted by atomic mass is 10.1. The van der Waals surface area contributed by atoms with E-state index in [1.54, 1.807) is 0 Å². The molecule has 3 nitrogen and oxygen atoms in total. The van der Waals surface area contributed by atoms with Crippen molar-refractivity contribution >= 4 is 5.78 Å². The summed E-state index contributed by atoms with van der Waals surface area (Å²) in [6, 6.07) is 0.193. The van der Waals surface area contributed by atoms with Gasteiger partial charge in [0.15, 0.2) is 5.78 Å². The molecule has 0 heterocycles. The van der Waals surface area contributed by atoms with Gasteiger partial charge in [-0.25, -0.2) is 0 Å². The van der Waals surface area contributed by atoms with Crippen molar-refractivity contribution in [1.82, 2.24) is 0 Å². The highest BCUT2D eigenvalue weighted by Gasteiger charge is 2.04. The molecular weight excluding hydrogens is 166 g/mol. The average molecular weight is 187 g/mol. The van der Waals surface area contributed by atoms with Crippen LogP contribution in [0.3, 0.4) is 0 Å². The molecule has 0 aromatic carbocycles. The van der Waals surface area contributed by atoms with Crippen LogP contribution in [-0.2, 0) is 9.53 Å². The predicted octanol–water partition coefficient (Wildman–Crippen LogP) is 1.50. The summed E-state index contributed by atoms with van der Waals surface area (Å²) in [5.74, 6) is 0.175. The van der Waals surface area contributed by atoms with Gasteiger partial charge in [-0.05, 0) is 33.6 Å². The van der Waals surface area contributed by atoms with Gasteiger partial charge in [-0.3, -0.25) is 4.79 Å². The van der Waals surface area contributed by atoms with Gasteiger partial charge < -0.3 is 10.5 Å². The molecule has 0 aliphatic heterocycles. The Bertz CT molecular complexity index is 144. The van der Waals surface area contributed by atoms with Gasteiger partial charge in [0.25, 0.3) is 0 Å². The highest BCUT2D eigenvalue weighted by molar-refractivity contribution is 5.79. The molecule has 0 saturated heterocycles. The third-order valence-electron chi connectivity index (χ3n) is 1.69. The van der Waals surface area contributed by atoms with Gasteiger partial charge in [-0.15, -0.1) is 0 Å². The Balaban J connectivity index is 3.30. The maximum absolute atomic E-state index is 11.2. The molecule has 1 unspecified atom stereocenters. The van der Waals surface area contributed by atoms with Crippen LogP contribution in [0.2, 0.25) is 0 Å². The summed E-state index contributed by atoms with van der Waals surface area (Å²) in [6.45, 7) is 6.05. The van der Waals surface area contributed by atoms with E-state index in [2.05, 4.69) is 0 Å². The maximum Gasteiger partial charge on any atom is 0.158 e. The number of carbonyl (C=O) groups is 1. The van der Waals surface area contributed by atoms with Crippen molar-refractivity contribution in [1.29, 1.82) is 0 Å². The van der Waals surface area contributed by atoms with Crippen LogP contribution in [0.25, 0.3) is 0 Å². The van der Waals surface area contributed by atoms with E-state index in [0.29, 0.717) is 6.42 Å². The minimum atomic E-state index is 0.136. The molecular formula is C10H21NO2. The SMILES string of the molecule is CC(N)CCCC(=O)COC(C)C. The van der Waals surface area contributed by atoms with Crippen molar-refractivity contribution in [2.24, 2.45) is 5.73 Å². The molecule has 0 spiro atoms. The van der Waals surface area contributed by atoms with Gasteiger partial charge in [-0.1, -0.05) is 0 Å². The number of hydrogen-bond donors (Lipinski definition) is 1. The number of nitrogens with two attached hydrogens (primary N) is 1. The fourth-order valence-corrected chi connectivity index (χ4v) is 0.953. The van der Waals surface area contributed by atoms with Crippen molar-refractivity contribution in [3.63, 3.8) is 0 Å². The normalized spacial score (nSPS) is 13.3. The van der Waals surface area contributed by atoms with Gasteiger partial charge in [0.2, 0.25) is 0 Å². The minimum absolute atomic E-state index is 0.136. The second-order valence-corrected chi connectivity index (χ2v) is 3.77.